The number of likely N-dealkylation sites (tertiary alicyclic amines) is 1. The van der Waals surface area contributed by atoms with Crippen LogP contribution in [0.15, 0.2) is 0 Å². The van der Waals surface area contributed by atoms with Gasteiger partial charge in [-0.2, -0.15) is 0 Å². The van der Waals surface area contributed by atoms with E-state index in [4.69, 9.17) is 0 Å². The minimum absolute atomic E-state index is 0.00362. The summed E-state index contributed by atoms with van der Waals surface area (Å²) in [5.41, 5.74) is 0. The molecule has 2 amide bonds. The molecule has 1 aliphatic rings. The van der Waals surface area contributed by atoms with Gasteiger partial charge in [-0.25, -0.2) is 0 Å². The van der Waals surface area contributed by atoms with Crippen molar-refractivity contribution >= 4 is 11.8 Å². The minimum atomic E-state index is -0.183. The van der Waals surface area contributed by atoms with E-state index in [-0.39, 0.29) is 29.8 Å². The average Bonchev–Trinajstić information content (AvgIpc) is 2.79. The van der Waals surface area contributed by atoms with Crippen molar-refractivity contribution in [3.05, 3.63) is 0 Å². The molecule has 1 rings (SSSR count). The van der Waals surface area contributed by atoms with Crippen LogP contribution in [-0.2, 0) is 9.59 Å². The maximum absolute atomic E-state index is 12.0. The van der Waals surface area contributed by atoms with Crippen LogP contribution in [0.4, 0.5) is 0 Å². The van der Waals surface area contributed by atoms with Gasteiger partial charge in [-0.05, 0) is 26.8 Å². The van der Waals surface area contributed by atoms with E-state index in [1.807, 2.05) is 18.9 Å². The lowest BCUT2D eigenvalue weighted by Gasteiger charge is -2.26. The molecule has 0 aromatic rings. The highest BCUT2D eigenvalue weighted by Crippen LogP contribution is 2.23. The maximum Gasteiger partial charge on any atom is 0.225 e. The molecule has 5 nitrogen and oxygen atoms in total. The monoisotopic (exact) mass is 269 g/mol. The van der Waals surface area contributed by atoms with Crippen LogP contribution in [0.1, 0.15) is 40.0 Å². The van der Waals surface area contributed by atoms with Crippen molar-refractivity contribution < 1.29 is 9.59 Å². The Morgan fingerprint density at radius 3 is 2.58 bits per heavy atom. The first kappa shape index (κ1) is 16.0. The fourth-order valence-electron chi connectivity index (χ4n) is 2.49. The molecule has 110 valence electrons. The molecule has 0 aromatic carbocycles. The van der Waals surface area contributed by atoms with Gasteiger partial charge in [-0.1, -0.05) is 13.8 Å². The van der Waals surface area contributed by atoms with E-state index in [1.54, 1.807) is 0 Å². The Balaban J connectivity index is 2.49. The van der Waals surface area contributed by atoms with Crippen LogP contribution in [0.3, 0.4) is 0 Å². The van der Waals surface area contributed by atoms with Gasteiger partial charge in [0.05, 0.1) is 5.92 Å². The number of nitrogens with one attached hydrogen (secondary N) is 2. The molecule has 2 N–H and O–H groups in total. The van der Waals surface area contributed by atoms with Gasteiger partial charge < -0.3 is 15.5 Å². The lowest BCUT2D eigenvalue weighted by molar-refractivity contribution is -0.130. The summed E-state index contributed by atoms with van der Waals surface area (Å²) in [6.07, 6.45) is 2.26. The topological polar surface area (TPSA) is 61.4 Å². The van der Waals surface area contributed by atoms with Crippen LogP contribution in [0.5, 0.6) is 0 Å². The molecule has 0 saturated carbocycles. The Morgan fingerprint density at radius 1 is 1.42 bits per heavy atom. The Morgan fingerprint density at radius 2 is 2.05 bits per heavy atom. The molecule has 1 saturated heterocycles. The third kappa shape index (κ3) is 4.20. The molecule has 2 atom stereocenters. The lowest BCUT2D eigenvalue weighted by Crippen LogP contribution is -2.41. The zero-order valence-corrected chi connectivity index (χ0v) is 12.5. The van der Waals surface area contributed by atoms with Crippen molar-refractivity contribution in [1.29, 1.82) is 0 Å². The highest BCUT2D eigenvalue weighted by atomic mass is 16.2. The molecule has 0 aliphatic carbocycles. The first-order valence-electron chi connectivity index (χ1n) is 7.27. The Hall–Kier alpha value is -1.10. The molecule has 1 fully saturated rings. The SMILES string of the molecule is CCC(CC)N1CC(C(=O)NCC(C)NC)CC1=O. The van der Waals surface area contributed by atoms with Gasteiger partial charge in [0.2, 0.25) is 11.8 Å². The minimum Gasteiger partial charge on any atom is -0.354 e. The second-order valence-corrected chi connectivity index (χ2v) is 5.35. The second kappa shape index (κ2) is 7.48. The highest BCUT2D eigenvalue weighted by Gasteiger charge is 2.36. The van der Waals surface area contributed by atoms with E-state index in [2.05, 4.69) is 24.5 Å². The largest absolute Gasteiger partial charge is 0.354 e. The predicted molar refractivity (Wildman–Crippen MR) is 75.7 cm³/mol. The number of amides is 2. The number of rotatable bonds is 7. The van der Waals surface area contributed by atoms with Gasteiger partial charge >= 0.3 is 0 Å². The van der Waals surface area contributed by atoms with E-state index in [0.717, 1.165) is 12.8 Å². The predicted octanol–water partition coefficient (Wildman–Crippen LogP) is 0.748. The van der Waals surface area contributed by atoms with Gasteiger partial charge in [0.1, 0.15) is 0 Å². The highest BCUT2D eigenvalue weighted by molar-refractivity contribution is 5.89. The summed E-state index contributed by atoms with van der Waals surface area (Å²) >= 11 is 0. The van der Waals surface area contributed by atoms with Crippen molar-refractivity contribution in [1.82, 2.24) is 15.5 Å². The summed E-state index contributed by atoms with van der Waals surface area (Å²) < 4.78 is 0. The van der Waals surface area contributed by atoms with Gasteiger partial charge in [0, 0.05) is 31.6 Å². The molecule has 2 unspecified atom stereocenters. The third-order valence-corrected chi connectivity index (χ3v) is 3.99. The van der Waals surface area contributed by atoms with Gasteiger partial charge in [0.15, 0.2) is 0 Å². The molecule has 0 spiro atoms. The van der Waals surface area contributed by atoms with Crippen LogP contribution >= 0.6 is 0 Å². The van der Waals surface area contributed by atoms with Crippen molar-refractivity contribution in [3.63, 3.8) is 0 Å². The van der Waals surface area contributed by atoms with Gasteiger partial charge in [0.25, 0.3) is 0 Å². The molecule has 1 aliphatic heterocycles. The molecule has 1 heterocycles. The quantitative estimate of drug-likeness (QED) is 0.717. The lowest BCUT2D eigenvalue weighted by atomic mass is 10.1. The second-order valence-electron chi connectivity index (χ2n) is 5.35. The number of carbonyl (C=O) groups is 2. The fourth-order valence-corrected chi connectivity index (χ4v) is 2.49. The summed E-state index contributed by atoms with van der Waals surface area (Å²) in [4.78, 5) is 25.9. The Labute approximate surface area is 116 Å². The Kier molecular flexibility index (Phi) is 6.28. The molecule has 0 aromatic heterocycles. The summed E-state index contributed by atoms with van der Waals surface area (Å²) in [6, 6.07) is 0.526. The van der Waals surface area contributed by atoms with Gasteiger partial charge in [-0.15, -0.1) is 0 Å². The first-order valence-corrected chi connectivity index (χ1v) is 7.27. The van der Waals surface area contributed by atoms with Crippen molar-refractivity contribution in [3.8, 4) is 0 Å². The summed E-state index contributed by atoms with van der Waals surface area (Å²) in [5, 5.41) is 5.98. The molecule has 19 heavy (non-hydrogen) atoms. The summed E-state index contributed by atoms with van der Waals surface area (Å²) in [6.45, 7) is 7.36. The fraction of sp³-hybridized carbons (Fsp3) is 0.857. The van der Waals surface area contributed by atoms with Crippen LogP contribution < -0.4 is 10.6 Å². The van der Waals surface area contributed by atoms with E-state index in [0.29, 0.717) is 19.5 Å². The third-order valence-electron chi connectivity index (χ3n) is 3.99. The molecule has 0 bridgehead atoms. The van der Waals surface area contributed by atoms with Crippen LogP contribution in [0.2, 0.25) is 0 Å². The molecule has 5 heteroatoms. The number of nitrogens with zero attached hydrogens (tertiary/aromatic N) is 1. The summed E-state index contributed by atoms with van der Waals surface area (Å²) in [5.74, 6) is -0.0587. The zero-order chi connectivity index (χ0) is 14.4. The zero-order valence-electron chi connectivity index (χ0n) is 12.5. The van der Waals surface area contributed by atoms with E-state index in [1.165, 1.54) is 0 Å². The number of carbonyl (C=O) groups excluding carboxylic acids is 2. The number of hydrogen-bond donors (Lipinski definition) is 2. The van der Waals surface area contributed by atoms with E-state index >= 15 is 0 Å². The van der Waals surface area contributed by atoms with E-state index in [9.17, 15) is 9.59 Å². The summed E-state index contributed by atoms with van der Waals surface area (Å²) in [7, 11) is 1.87. The van der Waals surface area contributed by atoms with E-state index < -0.39 is 0 Å². The van der Waals surface area contributed by atoms with Crippen LogP contribution in [-0.4, -0.2) is 48.9 Å². The van der Waals surface area contributed by atoms with Crippen molar-refractivity contribution in [2.45, 2.75) is 52.1 Å². The Bertz CT molecular complexity index is 316. The number of likely N-dealkylation sites (N-methyl/N-ethyl adjacent to an activating group) is 1. The normalized spacial score (nSPS) is 21.0. The maximum atomic E-state index is 12.0. The molecular formula is C14H27N3O2. The average molecular weight is 269 g/mol. The van der Waals surface area contributed by atoms with Crippen molar-refractivity contribution in [2.24, 2.45) is 5.92 Å². The standard InChI is InChI=1S/C14H27N3O2/c1-5-12(6-2)17-9-11(7-13(17)18)14(19)16-8-10(3)15-4/h10-12,15H,5-9H2,1-4H3,(H,16,19). The first-order chi connectivity index (χ1) is 9.03. The van der Waals surface area contributed by atoms with Gasteiger partial charge in [-0.3, -0.25) is 9.59 Å². The van der Waals surface area contributed by atoms with Crippen molar-refractivity contribution in [2.75, 3.05) is 20.1 Å². The van der Waals surface area contributed by atoms with Crippen LogP contribution in [0, 0.1) is 5.92 Å². The number of hydrogen-bond acceptors (Lipinski definition) is 3. The molecule has 0 radical (unpaired) electrons. The smallest absolute Gasteiger partial charge is 0.225 e. The van der Waals surface area contributed by atoms with Crippen LogP contribution in [0.25, 0.3) is 0 Å². The molecular weight excluding hydrogens is 242 g/mol.